The fourth-order valence-corrected chi connectivity index (χ4v) is 2.66. The third-order valence-electron chi connectivity index (χ3n) is 2.69. The van der Waals surface area contributed by atoms with Crippen molar-refractivity contribution in [3.8, 4) is 0 Å². The van der Waals surface area contributed by atoms with Gasteiger partial charge in [-0.2, -0.15) is 0 Å². The monoisotopic (exact) mass is 275 g/mol. The second-order valence-electron chi connectivity index (χ2n) is 4.70. The molecule has 2 aromatic rings. The molecule has 0 aliphatic heterocycles. The van der Waals surface area contributed by atoms with Crippen molar-refractivity contribution < 1.29 is 4.39 Å². The summed E-state index contributed by atoms with van der Waals surface area (Å²) in [7, 11) is 0. The van der Waals surface area contributed by atoms with E-state index in [0.29, 0.717) is 12.6 Å². The average molecular weight is 275 g/mol. The van der Waals surface area contributed by atoms with Crippen LogP contribution in [0.15, 0.2) is 58.3 Å². The number of hydrogen-bond acceptors (Lipinski definition) is 2. The Hall–Kier alpha value is -1.32. The highest BCUT2D eigenvalue weighted by Gasteiger charge is 2.06. The molecule has 3 heteroatoms. The molecule has 0 saturated heterocycles. The average Bonchev–Trinajstić information content (AvgIpc) is 2.40. The smallest absolute Gasteiger partial charge is 0.123 e. The van der Waals surface area contributed by atoms with E-state index in [9.17, 15) is 4.39 Å². The van der Waals surface area contributed by atoms with Crippen LogP contribution < -0.4 is 5.32 Å². The molecule has 0 amide bonds. The Bertz CT molecular complexity index is 526. The summed E-state index contributed by atoms with van der Waals surface area (Å²) < 4.78 is 13.4. The summed E-state index contributed by atoms with van der Waals surface area (Å²) in [5, 5.41) is 3.34. The van der Waals surface area contributed by atoms with Crippen LogP contribution in [-0.4, -0.2) is 6.04 Å². The number of halogens is 1. The minimum absolute atomic E-state index is 0.182. The van der Waals surface area contributed by atoms with E-state index in [1.165, 1.54) is 11.0 Å². The maximum Gasteiger partial charge on any atom is 0.123 e. The van der Waals surface area contributed by atoms with Gasteiger partial charge in [0.15, 0.2) is 0 Å². The summed E-state index contributed by atoms with van der Waals surface area (Å²) in [4.78, 5) is 2.26. The predicted octanol–water partition coefficient (Wildman–Crippen LogP) is 4.47. The minimum atomic E-state index is -0.182. The molecular weight excluding hydrogens is 257 g/mol. The molecule has 0 radical (unpaired) electrons. The molecule has 1 nitrogen and oxygen atoms in total. The molecule has 0 spiro atoms. The standard InChI is InChI=1S/C16H18FNS/c1-12(2)18-11-13-10-14(17)8-9-16(13)19-15-6-4-3-5-7-15/h3-10,12,18H,11H2,1-2H3. The van der Waals surface area contributed by atoms with Crippen molar-refractivity contribution in [2.75, 3.05) is 0 Å². The molecule has 0 aliphatic rings. The summed E-state index contributed by atoms with van der Waals surface area (Å²) in [6, 6.07) is 15.5. The van der Waals surface area contributed by atoms with Gasteiger partial charge < -0.3 is 5.32 Å². The number of benzene rings is 2. The van der Waals surface area contributed by atoms with Gasteiger partial charge in [-0.3, -0.25) is 0 Å². The molecule has 0 unspecified atom stereocenters. The fourth-order valence-electron chi connectivity index (χ4n) is 1.72. The highest BCUT2D eigenvalue weighted by molar-refractivity contribution is 7.99. The van der Waals surface area contributed by atoms with E-state index in [2.05, 4.69) is 31.3 Å². The van der Waals surface area contributed by atoms with Crippen LogP contribution in [0.4, 0.5) is 4.39 Å². The van der Waals surface area contributed by atoms with Gasteiger partial charge in [-0.25, -0.2) is 4.39 Å². The summed E-state index contributed by atoms with van der Waals surface area (Å²) in [5.74, 6) is -0.182. The lowest BCUT2D eigenvalue weighted by atomic mass is 10.2. The van der Waals surface area contributed by atoms with Gasteiger partial charge in [0.05, 0.1) is 0 Å². The molecule has 100 valence electrons. The minimum Gasteiger partial charge on any atom is -0.310 e. The van der Waals surface area contributed by atoms with Gasteiger partial charge in [0.1, 0.15) is 5.82 Å². The lowest BCUT2D eigenvalue weighted by Gasteiger charge is -2.12. The van der Waals surface area contributed by atoms with Gasteiger partial charge in [-0.15, -0.1) is 0 Å². The normalized spacial score (nSPS) is 10.9. The molecule has 0 fully saturated rings. The Morgan fingerprint density at radius 3 is 2.53 bits per heavy atom. The molecule has 0 aliphatic carbocycles. The van der Waals surface area contributed by atoms with E-state index in [1.807, 2.05) is 24.3 Å². The van der Waals surface area contributed by atoms with Crippen LogP contribution in [0.3, 0.4) is 0 Å². The number of nitrogens with one attached hydrogen (secondary N) is 1. The first-order chi connectivity index (χ1) is 9.15. The second-order valence-corrected chi connectivity index (χ2v) is 5.82. The van der Waals surface area contributed by atoms with Crippen LogP contribution in [0, 0.1) is 5.82 Å². The van der Waals surface area contributed by atoms with Crippen LogP contribution >= 0.6 is 11.8 Å². The molecule has 1 N–H and O–H groups in total. The van der Waals surface area contributed by atoms with Crippen molar-refractivity contribution in [2.24, 2.45) is 0 Å². The largest absolute Gasteiger partial charge is 0.310 e. The Morgan fingerprint density at radius 2 is 1.84 bits per heavy atom. The lowest BCUT2D eigenvalue weighted by Crippen LogP contribution is -2.22. The highest BCUT2D eigenvalue weighted by Crippen LogP contribution is 2.30. The topological polar surface area (TPSA) is 12.0 Å². The fraction of sp³-hybridized carbons (Fsp3) is 0.250. The first-order valence-electron chi connectivity index (χ1n) is 6.40. The molecule has 0 aromatic heterocycles. The van der Waals surface area contributed by atoms with Gasteiger partial charge in [-0.05, 0) is 35.9 Å². The van der Waals surface area contributed by atoms with Gasteiger partial charge in [0.25, 0.3) is 0 Å². The van der Waals surface area contributed by atoms with E-state index in [4.69, 9.17) is 0 Å². The molecule has 19 heavy (non-hydrogen) atoms. The van der Waals surface area contributed by atoms with E-state index in [0.717, 1.165) is 10.5 Å². The van der Waals surface area contributed by atoms with E-state index in [-0.39, 0.29) is 5.82 Å². The highest BCUT2D eigenvalue weighted by atomic mass is 32.2. The molecule has 0 atom stereocenters. The maximum absolute atomic E-state index is 13.4. The van der Waals surface area contributed by atoms with Crippen molar-refractivity contribution in [3.63, 3.8) is 0 Å². The summed E-state index contributed by atoms with van der Waals surface area (Å²) in [6.07, 6.45) is 0. The Labute approximate surface area is 118 Å². The zero-order valence-corrected chi connectivity index (χ0v) is 12.0. The molecule has 2 aromatic carbocycles. The Morgan fingerprint density at radius 1 is 1.11 bits per heavy atom. The molecule has 0 bridgehead atoms. The van der Waals surface area contributed by atoms with Crippen LogP contribution in [0.1, 0.15) is 19.4 Å². The van der Waals surface area contributed by atoms with Crippen LogP contribution in [0.2, 0.25) is 0 Å². The summed E-state index contributed by atoms with van der Waals surface area (Å²) in [5.41, 5.74) is 1.00. The zero-order chi connectivity index (χ0) is 13.7. The SMILES string of the molecule is CC(C)NCc1cc(F)ccc1Sc1ccccc1. The first kappa shape index (κ1) is 14.1. The Kier molecular flexibility index (Phi) is 5.00. The van der Waals surface area contributed by atoms with E-state index < -0.39 is 0 Å². The third kappa shape index (κ3) is 4.37. The number of rotatable bonds is 5. The molecule has 0 saturated carbocycles. The quantitative estimate of drug-likeness (QED) is 0.863. The van der Waals surface area contributed by atoms with Crippen LogP contribution in [0.25, 0.3) is 0 Å². The van der Waals surface area contributed by atoms with Gasteiger partial charge >= 0.3 is 0 Å². The first-order valence-corrected chi connectivity index (χ1v) is 7.21. The van der Waals surface area contributed by atoms with Crippen molar-refractivity contribution in [1.29, 1.82) is 0 Å². The lowest BCUT2D eigenvalue weighted by molar-refractivity contribution is 0.576. The third-order valence-corrected chi connectivity index (χ3v) is 3.82. The van der Waals surface area contributed by atoms with E-state index in [1.54, 1.807) is 17.8 Å². The molecule has 2 rings (SSSR count). The molecular formula is C16H18FNS. The van der Waals surface area contributed by atoms with E-state index >= 15 is 0 Å². The maximum atomic E-state index is 13.4. The van der Waals surface area contributed by atoms with Crippen molar-refractivity contribution in [1.82, 2.24) is 5.32 Å². The van der Waals surface area contributed by atoms with Crippen LogP contribution in [-0.2, 0) is 6.54 Å². The second kappa shape index (κ2) is 6.73. The molecule has 0 heterocycles. The number of hydrogen-bond donors (Lipinski definition) is 1. The van der Waals surface area contributed by atoms with Crippen molar-refractivity contribution >= 4 is 11.8 Å². The summed E-state index contributed by atoms with van der Waals surface area (Å²) >= 11 is 1.67. The Balaban J connectivity index is 2.19. The predicted molar refractivity (Wildman–Crippen MR) is 78.9 cm³/mol. The van der Waals surface area contributed by atoms with Gasteiger partial charge in [0.2, 0.25) is 0 Å². The van der Waals surface area contributed by atoms with Crippen LogP contribution in [0.5, 0.6) is 0 Å². The summed E-state index contributed by atoms with van der Waals surface area (Å²) in [6.45, 7) is 4.86. The van der Waals surface area contributed by atoms with Gasteiger partial charge in [-0.1, -0.05) is 43.8 Å². The zero-order valence-electron chi connectivity index (χ0n) is 11.2. The van der Waals surface area contributed by atoms with Crippen molar-refractivity contribution in [2.45, 2.75) is 36.2 Å². The van der Waals surface area contributed by atoms with Gasteiger partial charge in [0, 0.05) is 22.4 Å². The van der Waals surface area contributed by atoms with Crippen molar-refractivity contribution in [3.05, 3.63) is 59.9 Å².